The lowest BCUT2D eigenvalue weighted by Gasteiger charge is -2.20. The van der Waals surface area contributed by atoms with Gasteiger partial charge in [-0.05, 0) is 25.1 Å². The molecule has 0 unspecified atom stereocenters. The van der Waals surface area contributed by atoms with E-state index in [9.17, 15) is 4.79 Å². The van der Waals surface area contributed by atoms with E-state index in [2.05, 4.69) is 0 Å². The highest BCUT2D eigenvalue weighted by atomic mass is 35.5. The van der Waals surface area contributed by atoms with Crippen molar-refractivity contribution >= 4 is 23.3 Å². The molecule has 0 saturated heterocycles. The molecule has 1 aromatic carbocycles. The van der Waals surface area contributed by atoms with Crippen LogP contribution in [0.3, 0.4) is 0 Å². The third kappa shape index (κ3) is 3.91. The number of benzene rings is 1. The fraction of sp³-hybridized carbons (Fsp3) is 0.417. The maximum Gasteiger partial charge on any atom is 0.335 e. The summed E-state index contributed by atoms with van der Waals surface area (Å²) in [6, 6.07) is 4.70. The first-order valence-electron chi connectivity index (χ1n) is 5.38. The van der Waals surface area contributed by atoms with Gasteiger partial charge in [0.1, 0.15) is 0 Å². The van der Waals surface area contributed by atoms with Crippen molar-refractivity contribution in [3.05, 3.63) is 28.8 Å². The topological polar surface area (TPSA) is 49.8 Å². The number of ether oxygens (including phenoxy) is 1. The maximum atomic E-state index is 10.8. The first-order chi connectivity index (χ1) is 8.06. The van der Waals surface area contributed by atoms with Gasteiger partial charge in [0.2, 0.25) is 0 Å². The van der Waals surface area contributed by atoms with E-state index in [0.29, 0.717) is 24.8 Å². The molecule has 0 radical (unpaired) electrons. The molecule has 0 aliphatic heterocycles. The third-order valence-electron chi connectivity index (χ3n) is 2.38. The summed E-state index contributed by atoms with van der Waals surface area (Å²) in [4.78, 5) is 12.7. The van der Waals surface area contributed by atoms with Crippen LogP contribution in [0.4, 0.5) is 5.69 Å². The van der Waals surface area contributed by atoms with E-state index < -0.39 is 5.97 Å². The summed E-state index contributed by atoms with van der Waals surface area (Å²) in [5, 5.41) is 9.25. The Bertz CT molecular complexity index is 395. The molecule has 1 rings (SSSR count). The predicted octanol–water partition coefficient (Wildman–Crippen LogP) is 2.51. The maximum absolute atomic E-state index is 10.8. The Kier molecular flexibility index (Phi) is 5.25. The molecule has 0 aromatic heterocycles. The second-order valence-corrected chi connectivity index (χ2v) is 4.00. The van der Waals surface area contributed by atoms with Crippen LogP contribution in [0, 0.1) is 0 Å². The van der Waals surface area contributed by atoms with Gasteiger partial charge in [-0.3, -0.25) is 0 Å². The molecule has 0 bridgehead atoms. The van der Waals surface area contributed by atoms with E-state index in [0.717, 1.165) is 5.69 Å². The minimum Gasteiger partial charge on any atom is -0.478 e. The van der Waals surface area contributed by atoms with Crippen molar-refractivity contribution in [1.82, 2.24) is 0 Å². The number of halogens is 1. The molecule has 1 aromatic rings. The number of carbonyl (C=O) groups is 1. The molecular weight excluding hydrogens is 242 g/mol. The van der Waals surface area contributed by atoms with Gasteiger partial charge in [0.15, 0.2) is 0 Å². The lowest BCUT2D eigenvalue weighted by atomic mass is 10.2. The Morgan fingerprint density at radius 3 is 2.76 bits per heavy atom. The fourth-order valence-electron chi connectivity index (χ4n) is 1.42. The van der Waals surface area contributed by atoms with E-state index in [-0.39, 0.29) is 5.56 Å². The van der Waals surface area contributed by atoms with Gasteiger partial charge in [0.25, 0.3) is 0 Å². The van der Waals surface area contributed by atoms with Crippen molar-refractivity contribution in [3.8, 4) is 0 Å². The van der Waals surface area contributed by atoms with Gasteiger partial charge in [-0.2, -0.15) is 0 Å². The number of likely N-dealkylation sites (N-methyl/N-ethyl adjacent to an activating group) is 1. The number of nitrogens with zero attached hydrogens (tertiary/aromatic N) is 1. The quantitative estimate of drug-likeness (QED) is 0.796. The lowest BCUT2D eigenvalue weighted by molar-refractivity contribution is 0.0697. The van der Waals surface area contributed by atoms with Gasteiger partial charge in [0, 0.05) is 20.2 Å². The van der Waals surface area contributed by atoms with Gasteiger partial charge in [-0.25, -0.2) is 4.79 Å². The monoisotopic (exact) mass is 257 g/mol. The van der Waals surface area contributed by atoms with Gasteiger partial charge in [-0.15, -0.1) is 0 Å². The number of aromatic carboxylic acids is 1. The summed E-state index contributed by atoms with van der Waals surface area (Å²) in [5.74, 6) is -0.976. The number of carboxylic acid groups (broad SMARTS) is 1. The standard InChI is InChI=1S/C12H16ClNO3/c1-3-17-7-6-14(2)11-5-4-9(12(15)16)8-10(11)13/h4-5,8H,3,6-7H2,1-2H3,(H,15,16). The third-order valence-corrected chi connectivity index (χ3v) is 2.68. The molecule has 5 heteroatoms. The van der Waals surface area contributed by atoms with Crippen LogP contribution in [0.2, 0.25) is 5.02 Å². The summed E-state index contributed by atoms with van der Waals surface area (Å²) < 4.78 is 5.25. The Balaban J connectivity index is 2.74. The molecule has 0 saturated carbocycles. The summed E-state index contributed by atoms with van der Waals surface area (Å²) in [5.41, 5.74) is 0.994. The van der Waals surface area contributed by atoms with Crippen molar-refractivity contribution in [3.63, 3.8) is 0 Å². The van der Waals surface area contributed by atoms with Crippen LogP contribution in [0.5, 0.6) is 0 Å². The van der Waals surface area contributed by atoms with Crippen LogP contribution in [0.15, 0.2) is 18.2 Å². The van der Waals surface area contributed by atoms with Crippen molar-refractivity contribution in [1.29, 1.82) is 0 Å². The first-order valence-corrected chi connectivity index (χ1v) is 5.75. The summed E-state index contributed by atoms with van der Waals surface area (Å²) in [6.07, 6.45) is 0. The predicted molar refractivity (Wildman–Crippen MR) is 68.2 cm³/mol. The number of rotatable bonds is 6. The Morgan fingerprint density at radius 1 is 1.53 bits per heavy atom. The van der Waals surface area contributed by atoms with E-state index in [4.69, 9.17) is 21.4 Å². The van der Waals surface area contributed by atoms with Crippen molar-refractivity contribution in [2.75, 3.05) is 31.7 Å². The molecule has 1 N–H and O–H groups in total. The van der Waals surface area contributed by atoms with Crippen LogP contribution in [0.25, 0.3) is 0 Å². The smallest absolute Gasteiger partial charge is 0.335 e. The normalized spacial score (nSPS) is 10.3. The van der Waals surface area contributed by atoms with Gasteiger partial charge in [-0.1, -0.05) is 11.6 Å². The van der Waals surface area contributed by atoms with E-state index in [1.54, 1.807) is 12.1 Å². The van der Waals surface area contributed by atoms with Gasteiger partial charge < -0.3 is 14.7 Å². The fourth-order valence-corrected chi connectivity index (χ4v) is 1.74. The largest absolute Gasteiger partial charge is 0.478 e. The average molecular weight is 258 g/mol. The van der Waals surface area contributed by atoms with Crippen molar-refractivity contribution in [2.24, 2.45) is 0 Å². The van der Waals surface area contributed by atoms with Gasteiger partial charge >= 0.3 is 5.97 Å². The van der Waals surface area contributed by atoms with Crippen molar-refractivity contribution in [2.45, 2.75) is 6.92 Å². The highest BCUT2D eigenvalue weighted by Gasteiger charge is 2.09. The summed E-state index contributed by atoms with van der Waals surface area (Å²) >= 11 is 6.04. The lowest BCUT2D eigenvalue weighted by Crippen LogP contribution is -2.23. The van der Waals surface area contributed by atoms with Crippen molar-refractivity contribution < 1.29 is 14.6 Å². The molecule has 94 valence electrons. The number of hydrogen-bond acceptors (Lipinski definition) is 3. The molecule has 17 heavy (non-hydrogen) atoms. The zero-order valence-corrected chi connectivity index (χ0v) is 10.7. The molecule has 0 heterocycles. The second-order valence-electron chi connectivity index (χ2n) is 3.59. The van der Waals surface area contributed by atoms with Crippen LogP contribution >= 0.6 is 11.6 Å². The second kappa shape index (κ2) is 6.47. The highest BCUT2D eigenvalue weighted by molar-refractivity contribution is 6.33. The molecule has 0 fully saturated rings. The van der Waals surface area contributed by atoms with E-state index in [1.807, 2.05) is 18.9 Å². The minimum absolute atomic E-state index is 0.192. The SMILES string of the molecule is CCOCCN(C)c1ccc(C(=O)O)cc1Cl. The van der Waals surface area contributed by atoms with E-state index >= 15 is 0 Å². The molecular formula is C12H16ClNO3. The summed E-state index contributed by atoms with van der Waals surface area (Å²) in [7, 11) is 1.89. The number of carboxylic acids is 1. The Labute approximate surface area is 106 Å². The van der Waals surface area contributed by atoms with E-state index in [1.165, 1.54) is 6.07 Å². The molecule has 0 aliphatic carbocycles. The zero-order chi connectivity index (χ0) is 12.8. The number of anilines is 1. The first kappa shape index (κ1) is 13.8. The minimum atomic E-state index is -0.976. The molecule has 0 spiro atoms. The Morgan fingerprint density at radius 2 is 2.24 bits per heavy atom. The van der Waals surface area contributed by atoms with Crippen LogP contribution < -0.4 is 4.90 Å². The average Bonchev–Trinajstić information content (AvgIpc) is 2.28. The molecule has 4 nitrogen and oxygen atoms in total. The molecule has 0 aliphatic rings. The highest BCUT2D eigenvalue weighted by Crippen LogP contribution is 2.25. The number of hydrogen-bond donors (Lipinski definition) is 1. The molecule has 0 amide bonds. The zero-order valence-electron chi connectivity index (χ0n) is 9.94. The molecule has 0 atom stereocenters. The van der Waals surface area contributed by atoms with Crippen LogP contribution in [-0.4, -0.2) is 37.9 Å². The Hall–Kier alpha value is -1.26. The van der Waals surface area contributed by atoms with Gasteiger partial charge in [0.05, 0.1) is 22.9 Å². The summed E-state index contributed by atoms with van der Waals surface area (Å²) in [6.45, 7) is 3.94. The van der Waals surface area contributed by atoms with Crippen LogP contribution in [0.1, 0.15) is 17.3 Å². The van der Waals surface area contributed by atoms with Crippen LogP contribution in [-0.2, 0) is 4.74 Å².